The third-order valence-corrected chi connectivity index (χ3v) is 10.6. The van der Waals surface area contributed by atoms with Crippen molar-refractivity contribution >= 4 is 17.9 Å². The number of methoxy groups -OCH3 is 2. The molecule has 0 radical (unpaired) electrons. The topological polar surface area (TPSA) is 186 Å². The number of rotatable bonds is 10. The molecule has 0 aromatic carbocycles. The van der Waals surface area contributed by atoms with Crippen LogP contribution >= 0.6 is 0 Å². The highest BCUT2D eigenvalue weighted by Crippen LogP contribution is 2.47. The van der Waals surface area contributed by atoms with Gasteiger partial charge in [-0.3, -0.25) is 9.59 Å². The van der Waals surface area contributed by atoms with Crippen molar-refractivity contribution in [1.82, 2.24) is 0 Å². The second kappa shape index (κ2) is 20.5. The highest BCUT2D eigenvalue weighted by atomic mass is 16.7. The van der Waals surface area contributed by atoms with Gasteiger partial charge < -0.3 is 53.2 Å². The normalized spacial score (nSPS) is 36.9. The van der Waals surface area contributed by atoms with Crippen LogP contribution in [0.1, 0.15) is 111 Å². The smallest absolute Gasteiger partial charge is 0.330 e. The lowest BCUT2D eigenvalue weighted by Gasteiger charge is -2.51. The maximum absolute atomic E-state index is 13.3. The SMILES string of the molecule is CCCCCCCC(=O)O[C@H]1/C(=C/C(=O)OC)C[C@H]2C[C@H](CO)OC(=O)C[C@H](O)C[C@@H]3C[C@H](OC)C[C@H](C[C@@H]4CCO[C@H](/C=C/C(C)(C)[C@]1(O)O2)O4)O3. The van der Waals surface area contributed by atoms with Crippen LogP contribution in [0.5, 0.6) is 0 Å². The van der Waals surface area contributed by atoms with Gasteiger partial charge in [-0.25, -0.2) is 4.79 Å². The van der Waals surface area contributed by atoms with E-state index in [1.807, 2.05) is 0 Å². The van der Waals surface area contributed by atoms with Crippen molar-refractivity contribution in [2.24, 2.45) is 5.41 Å². The largest absolute Gasteiger partial charge is 0.466 e. The lowest BCUT2D eigenvalue weighted by molar-refractivity contribution is -0.327. The Bertz CT molecular complexity index is 1250. The van der Waals surface area contributed by atoms with E-state index >= 15 is 0 Å². The van der Waals surface area contributed by atoms with Crippen LogP contribution in [-0.2, 0) is 52.3 Å². The number of aliphatic hydroxyl groups excluding tert-OH is 2. The van der Waals surface area contributed by atoms with E-state index in [4.69, 9.17) is 37.9 Å². The lowest BCUT2D eigenvalue weighted by Crippen LogP contribution is -2.62. The molecular weight excluding hydrogens is 692 g/mol. The summed E-state index contributed by atoms with van der Waals surface area (Å²) in [7, 11) is 2.86. The van der Waals surface area contributed by atoms with Gasteiger partial charge in [0.2, 0.25) is 5.79 Å². The van der Waals surface area contributed by atoms with E-state index in [9.17, 15) is 29.7 Å². The van der Waals surface area contributed by atoms with Gasteiger partial charge in [-0.2, -0.15) is 0 Å². The van der Waals surface area contributed by atoms with Gasteiger partial charge in [-0.15, -0.1) is 0 Å². The second-order valence-electron chi connectivity index (χ2n) is 15.4. The molecule has 6 bridgehead atoms. The van der Waals surface area contributed by atoms with Crippen LogP contribution in [0.2, 0.25) is 0 Å². The minimum Gasteiger partial charge on any atom is -0.466 e. The molecule has 14 heteroatoms. The molecule has 0 spiro atoms. The Morgan fingerprint density at radius 3 is 2.40 bits per heavy atom. The third kappa shape index (κ3) is 12.5. The number of carbonyl (C=O) groups excluding carboxylic acids is 3. The molecule has 4 aliphatic rings. The van der Waals surface area contributed by atoms with Gasteiger partial charge in [0.15, 0.2) is 12.4 Å². The molecule has 14 nitrogen and oxygen atoms in total. The summed E-state index contributed by atoms with van der Waals surface area (Å²) in [6.07, 6.45) is 5.18. The van der Waals surface area contributed by atoms with Gasteiger partial charge in [-0.1, -0.05) is 52.5 Å². The fraction of sp³-hybridized carbons (Fsp3) is 0.821. The van der Waals surface area contributed by atoms with Crippen molar-refractivity contribution in [2.75, 3.05) is 27.4 Å². The van der Waals surface area contributed by atoms with E-state index < -0.39 is 66.4 Å². The van der Waals surface area contributed by atoms with Crippen molar-refractivity contribution in [3.8, 4) is 0 Å². The molecule has 3 fully saturated rings. The molecule has 3 N–H and O–H groups in total. The zero-order chi connectivity index (χ0) is 38.6. The molecule has 0 aromatic heterocycles. The van der Waals surface area contributed by atoms with Crippen LogP contribution in [0.4, 0.5) is 0 Å². The summed E-state index contributed by atoms with van der Waals surface area (Å²) in [5, 5.41) is 33.8. The van der Waals surface area contributed by atoms with E-state index in [0.29, 0.717) is 38.7 Å². The minimum atomic E-state index is -2.26. The number of carbonyl (C=O) groups is 3. The number of esters is 3. The zero-order valence-corrected chi connectivity index (χ0v) is 32.1. The molecule has 53 heavy (non-hydrogen) atoms. The van der Waals surface area contributed by atoms with Crippen LogP contribution in [-0.4, -0.2) is 122 Å². The molecule has 10 atom stereocenters. The fourth-order valence-electron chi connectivity index (χ4n) is 7.61. The zero-order valence-electron chi connectivity index (χ0n) is 32.1. The molecule has 0 aliphatic carbocycles. The van der Waals surface area contributed by atoms with Gasteiger partial charge >= 0.3 is 17.9 Å². The summed E-state index contributed by atoms with van der Waals surface area (Å²) in [6, 6.07) is 0. The van der Waals surface area contributed by atoms with E-state index in [1.54, 1.807) is 33.1 Å². The Balaban J connectivity index is 1.69. The Morgan fingerprint density at radius 2 is 1.70 bits per heavy atom. The standard InChI is InChI=1S/C39H62O14/c1-6-7-8-9-10-11-33(42)52-37-25(17-34(43)47-5)16-31-23-32(24-40)50-35(44)19-26(41)18-29-21-28(46-4)22-30(49-29)20-27-13-15-48-36(51-27)12-14-38(2,3)39(37,45)53-31/h12,14,17,26-32,36-37,40-41,45H,6-11,13,15-16,18-24H2,1-5H3/b14-12+,25-17+/t26-,27+,28+,29-,30+,31+,32-,36+,37+,39-/m1/s1. The maximum Gasteiger partial charge on any atom is 0.330 e. The number of aliphatic hydroxyl groups is 3. The molecule has 0 saturated carbocycles. The number of hydrogen-bond acceptors (Lipinski definition) is 14. The summed E-state index contributed by atoms with van der Waals surface area (Å²) in [5.41, 5.74) is -1.07. The summed E-state index contributed by atoms with van der Waals surface area (Å²) in [5.74, 6) is -4.28. The second-order valence-corrected chi connectivity index (χ2v) is 15.4. The van der Waals surface area contributed by atoms with Crippen LogP contribution < -0.4 is 0 Å². The Morgan fingerprint density at radius 1 is 0.962 bits per heavy atom. The summed E-state index contributed by atoms with van der Waals surface area (Å²) in [6.45, 7) is 5.35. The molecular formula is C39H62O14. The predicted molar refractivity (Wildman–Crippen MR) is 190 cm³/mol. The Hall–Kier alpha value is -2.43. The highest BCUT2D eigenvalue weighted by Gasteiger charge is 2.57. The fourth-order valence-corrected chi connectivity index (χ4v) is 7.61. The van der Waals surface area contributed by atoms with Crippen LogP contribution in [0, 0.1) is 5.41 Å². The Labute approximate surface area is 313 Å². The highest BCUT2D eigenvalue weighted by molar-refractivity contribution is 5.83. The first kappa shape index (κ1) is 43.3. The molecule has 0 amide bonds. The molecule has 302 valence electrons. The van der Waals surface area contributed by atoms with Gasteiger partial charge in [0.25, 0.3) is 0 Å². The van der Waals surface area contributed by atoms with Crippen LogP contribution in [0.25, 0.3) is 0 Å². The predicted octanol–water partition coefficient (Wildman–Crippen LogP) is 3.95. The first-order chi connectivity index (χ1) is 25.3. The van der Waals surface area contributed by atoms with Crippen molar-refractivity contribution < 1.29 is 67.6 Å². The summed E-state index contributed by atoms with van der Waals surface area (Å²) in [4.78, 5) is 39.0. The van der Waals surface area contributed by atoms with E-state index in [2.05, 4.69) is 6.92 Å². The van der Waals surface area contributed by atoms with Crippen molar-refractivity contribution in [2.45, 2.75) is 172 Å². The average Bonchev–Trinajstić information content (AvgIpc) is 3.11. The number of ether oxygens (including phenoxy) is 8. The van der Waals surface area contributed by atoms with Gasteiger partial charge in [0.05, 0.1) is 63.4 Å². The molecule has 4 aliphatic heterocycles. The van der Waals surface area contributed by atoms with Gasteiger partial charge in [-0.05, 0) is 43.8 Å². The van der Waals surface area contributed by atoms with E-state index in [0.717, 1.165) is 25.7 Å². The van der Waals surface area contributed by atoms with Crippen LogP contribution in [0.15, 0.2) is 23.8 Å². The average molecular weight is 755 g/mol. The summed E-state index contributed by atoms with van der Waals surface area (Å²) < 4.78 is 47.3. The van der Waals surface area contributed by atoms with Crippen molar-refractivity contribution in [3.63, 3.8) is 0 Å². The number of unbranched alkanes of at least 4 members (excludes halogenated alkanes) is 4. The van der Waals surface area contributed by atoms with E-state index in [1.165, 1.54) is 13.2 Å². The maximum atomic E-state index is 13.3. The first-order valence-corrected chi connectivity index (χ1v) is 19.3. The van der Waals surface area contributed by atoms with Crippen LogP contribution in [0.3, 0.4) is 0 Å². The molecule has 0 aromatic rings. The van der Waals surface area contributed by atoms with Gasteiger partial charge in [0.1, 0.15) is 6.10 Å². The molecule has 0 unspecified atom stereocenters. The lowest BCUT2D eigenvalue weighted by atomic mass is 9.74. The van der Waals surface area contributed by atoms with Crippen molar-refractivity contribution in [3.05, 3.63) is 23.8 Å². The number of fused-ring (bicyclic) bond motifs is 6. The Kier molecular flexibility index (Phi) is 16.7. The number of hydrogen-bond donors (Lipinski definition) is 3. The first-order valence-electron chi connectivity index (χ1n) is 19.3. The molecule has 3 saturated heterocycles. The summed E-state index contributed by atoms with van der Waals surface area (Å²) >= 11 is 0. The van der Waals surface area contributed by atoms with Crippen molar-refractivity contribution in [1.29, 1.82) is 0 Å². The minimum absolute atomic E-state index is 0.0142. The monoisotopic (exact) mass is 754 g/mol. The van der Waals surface area contributed by atoms with Gasteiger partial charge in [0, 0.05) is 44.3 Å². The van der Waals surface area contributed by atoms with E-state index in [-0.39, 0.29) is 62.1 Å². The third-order valence-electron chi connectivity index (χ3n) is 10.6. The number of cyclic esters (lactones) is 1. The molecule has 4 heterocycles. The quantitative estimate of drug-likeness (QED) is 0.0957. The molecule has 4 rings (SSSR count).